The second-order valence-corrected chi connectivity index (χ2v) is 6.38. The molecule has 1 unspecified atom stereocenters. The summed E-state index contributed by atoms with van der Waals surface area (Å²) in [5, 5.41) is 0. The second kappa shape index (κ2) is 6.51. The highest BCUT2D eigenvalue weighted by Crippen LogP contribution is 2.27. The Balaban J connectivity index is 3.17. The molecule has 0 heterocycles. The van der Waals surface area contributed by atoms with Crippen molar-refractivity contribution in [2.75, 3.05) is 13.2 Å². The number of ether oxygens (including phenoxy) is 1. The second-order valence-electron chi connectivity index (χ2n) is 3.78. The van der Waals surface area contributed by atoms with Crippen molar-refractivity contribution in [3.05, 3.63) is 22.7 Å². The topological polar surface area (TPSA) is 81.4 Å². The van der Waals surface area contributed by atoms with E-state index < -0.39 is 10.0 Å². The summed E-state index contributed by atoms with van der Waals surface area (Å²) >= 11 is 3.25. The van der Waals surface area contributed by atoms with Crippen molar-refractivity contribution < 1.29 is 13.2 Å². The molecule has 0 fully saturated rings. The first kappa shape index (κ1) is 15.4. The Morgan fingerprint density at radius 3 is 2.72 bits per heavy atom. The van der Waals surface area contributed by atoms with E-state index in [1.54, 1.807) is 26.0 Å². The van der Waals surface area contributed by atoms with Gasteiger partial charge in [-0.15, -0.1) is 0 Å². The van der Waals surface area contributed by atoms with Gasteiger partial charge in [-0.1, -0.05) is 15.9 Å². The van der Waals surface area contributed by atoms with Crippen molar-refractivity contribution in [1.82, 2.24) is 4.72 Å². The lowest BCUT2D eigenvalue weighted by molar-refractivity contribution is 0.331. The van der Waals surface area contributed by atoms with Crippen molar-refractivity contribution in [1.29, 1.82) is 0 Å². The maximum Gasteiger partial charge on any atom is 0.244 e. The number of benzene rings is 1. The van der Waals surface area contributed by atoms with Crippen LogP contribution in [0.4, 0.5) is 0 Å². The van der Waals surface area contributed by atoms with Gasteiger partial charge < -0.3 is 10.5 Å². The van der Waals surface area contributed by atoms with Gasteiger partial charge in [0.25, 0.3) is 0 Å². The van der Waals surface area contributed by atoms with Crippen LogP contribution in [0.15, 0.2) is 27.6 Å². The summed E-state index contributed by atoms with van der Waals surface area (Å²) in [6, 6.07) is 4.53. The highest BCUT2D eigenvalue weighted by molar-refractivity contribution is 9.10. The summed E-state index contributed by atoms with van der Waals surface area (Å²) in [4.78, 5) is 0.110. The predicted molar refractivity (Wildman–Crippen MR) is 74.1 cm³/mol. The van der Waals surface area contributed by atoms with Crippen molar-refractivity contribution in [2.45, 2.75) is 24.8 Å². The molecule has 5 nitrogen and oxygen atoms in total. The normalized spacial score (nSPS) is 13.3. The molecule has 1 rings (SSSR count). The maximum atomic E-state index is 12.2. The van der Waals surface area contributed by atoms with Gasteiger partial charge in [-0.3, -0.25) is 0 Å². The number of rotatable bonds is 6. The largest absolute Gasteiger partial charge is 0.492 e. The Bertz CT molecular complexity index is 505. The summed E-state index contributed by atoms with van der Waals surface area (Å²) in [7, 11) is -3.63. The molecule has 7 heteroatoms. The molecule has 0 saturated carbocycles. The molecule has 0 spiro atoms. The van der Waals surface area contributed by atoms with Crippen molar-refractivity contribution in [3.63, 3.8) is 0 Å². The number of nitrogens with one attached hydrogen (secondary N) is 1. The molecular formula is C11H17BrN2O3S. The summed E-state index contributed by atoms with van der Waals surface area (Å²) in [6.45, 7) is 4.14. The third-order valence-electron chi connectivity index (χ3n) is 2.21. The van der Waals surface area contributed by atoms with Gasteiger partial charge in [0.05, 0.1) is 6.61 Å². The minimum absolute atomic E-state index is 0.110. The van der Waals surface area contributed by atoms with E-state index in [0.29, 0.717) is 16.8 Å². The fourth-order valence-corrected chi connectivity index (χ4v) is 3.28. The molecule has 0 aromatic heterocycles. The molecule has 0 radical (unpaired) electrons. The van der Waals surface area contributed by atoms with Gasteiger partial charge in [0.15, 0.2) is 0 Å². The molecule has 0 aliphatic heterocycles. The van der Waals surface area contributed by atoms with Gasteiger partial charge in [-0.25, -0.2) is 13.1 Å². The molecule has 18 heavy (non-hydrogen) atoms. The molecule has 1 atom stereocenters. The van der Waals surface area contributed by atoms with Gasteiger partial charge in [0.1, 0.15) is 10.6 Å². The number of halogens is 1. The zero-order valence-corrected chi connectivity index (χ0v) is 12.7. The monoisotopic (exact) mass is 336 g/mol. The first-order valence-corrected chi connectivity index (χ1v) is 7.83. The van der Waals surface area contributed by atoms with E-state index in [4.69, 9.17) is 10.5 Å². The molecular weight excluding hydrogens is 320 g/mol. The number of sulfonamides is 1. The Labute approximate surface area is 116 Å². The van der Waals surface area contributed by atoms with Crippen LogP contribution in [-0.2, 0) is 10.0 Å². The highest BCUT2D eigenvalue weighted by Gasteiger charge is 2.21. The lowest BCUT2D eigenvalue weighted by Gasteiger charge is -2.15. The smallest absolute Gasteiger partial charge is 0.244 e. The Morgan fingerprint density at radius 1 is 1.50 bits per heavy atom. The molecule has 0 aliphatic carbocycles. The van der Waals surface area contributed by atoms with Crippen LogP contribution in [-0.4, -0.2) is 27.6 Å². The van der Waals surface area contributed by atoms with Crippen LogP contribution < -0.4 is 15.2 Å². The highest BCUT2D eigenvalue weighted by atomic mass is 79.9. The van der Waals surface area contributed by atoms with Crippen LogP contribution in [0.25, 0.3) is 0 Å². The molecule has 1 aromatic carbocycles. The van der Waals surface area contributed by atoms with Crippen LogP contribution >= 0.6 is 15.9 Å². The Hall–Kier alpha value is -0.630. The zero-order chi connectivity index (χ0) is 13.8. The van der Waals surface area contributed by atoms with Crippen molar-refractivity contribution >= 4 is 26.0 Å². The number of nitrogens with two attached hydrogens (primary N) is 1. The standard InChI is InChI=1S/C11H17BrN2O3S/c1-3-17-10-5-4-9(12)6-11(10)18(15,16)14-8(2)7-13/h4-6,8,14H,3,7,13H2,1-2H3. The summed E-state index contributed by atoms with van der Waals surface area (Å²) < 4.78 is 32.9. The number of hydrogen-bond donors (Lipinski definition) is 2. The molecule has 0 saturated heterocycles. The Morgan fingerprint density at radius 2 is 2.17 bits per heavy atom. The fraction of sp³-hybridized carbons (Fsp3) is 0.455. The molecule has 0 amide bonds. The van der Waals surface area contributed by atoms with Crippen molar-refractivity contribution in [3.8, 4) is 5.75 Å². The van der Waals surface area contributed by atoms with Crippen LogP contribution in [0.1, 0.15) is 13.8 Å². The van der Waals surface area contributed by atoms with E-state index >= 15 is 0 Å². The van der Waals surface area contributed by atoms with Gasteiger partial charge in [-0.2, -0.15) is 0 Å². The first-order valence-electron chi connectivity index (χ1n) is 5.55. The average Bonchev–Trinajstić information content (AvgIpc) is 2.31. The van der Waals surface area contributed by atoms with Gasteiger partial charge in [0, 0.05) is 17.1 Å². The Kier molecular flexibility index (Phi) is 5.58. The third-order valence-corrected chi connectivity index (χ3v) is 4.31. The van der Waals surface area contributed by atoms with E-state index in [1.165, 1.54) is 6.07 Å². The molecule has 0 bridgehead atoms. The average molecular weight is 337 g/mol. The van der Waals surface area contributed by atoms with Crippen LogP contribution in [0, 0.1) is 0 Å². The first-order chi connectivity index (χ1) is 8.40. The number of hydrogen-bond acceptors (Lipinski definition) is 4. The van der Waals surface area contributed by atoms with E-state index in [9.17, 15) is 8.42 Å². The lowest BCUT2D eigenvalue weighted by atomic mass is 10.3. The summed E-state index contributed by atoms with van der Waals surface area (Å²) in [5.74, 6) is 0.331. The molecule has 3 N–H and O–H groups in total. The third kappa shape index (κ3) is 3.94. The maximum absolute atomic E-state index is 12.2. The van der Waals surface area contributed by atoms with E-state index in [1.807, 2.05) is 0 Å². The lowest BCUT2D eigenvalue weighted by Crippen LogP contribution is -2.37. The van der Waals surface area contributed by atoms with E-state index in [0.717, 1.165) is 0 Å². The fourth-order valence-electron chi connectivity index (χ4n) is 1.34. The predicted octanol–water partition coefficient (Wildman–Crippen LogP) is 1.47. The van der Waals surface area contributed by atoms with Gasteiger partial charge in [0.2, 0.25) is 10.0 Å². The van der Waals surface area contributed by atoms with Crippen LogP contribution in [0.3, 0.4) is 0 Å². The van der Waals surface area contributed by atoms with Crippen molar-refractivity contribution in [2.24, 2.45) is 5.73 Å². The quantitative estimate of drug-likeness (QED) is 0.824. The van der Waals surface area contributed by atoms with Crippen LogP contribution in [0.5, 0.6) is 5.75 Å². The van der Waals surface area contributed by atoms with E-state index in [-0.39, 0.29) is 17.5 Å². The van der Waals surface area contributed by atoms with Crippen LogP contribution in [0.2, 0.25) is 0 Å². The van der Waals surface area contributed by atoms with Gasteiger partial charge in [-0.05, 0) is 32.0 Å². The molecule has 102 valence electrons. The molecule has 0 aliphatic rings. The SMILES string of the molecule is CCOc1ccc(Br)cc1S(=O)(=O)NC(C)CN. The summed E-state index contributed by atoms with van der Waals surface area (Å²) in [6.07, 6.45) is 0. The van der Waals surface area contributed by atoms with Gasteiger partial charge >= 0.3 is 0 Å². The minimum atomic E-state index is -3.63. The minimum Gasteiger partial charge on any atom is -0.492 e. The van der Waals surface area contributed by atoms with E-state index in [2.05, 4.69) is 20.7 Å². The summed E-state index contributed by atoms with van der Waals surface area (Å²) in [5.41, 5.74) is 5.42. The molecule has 1 aromatic rings. The zero-order valence-electron chi connectivity index (χ0n) is 10.3.